The van der Waals surface area contributed by atoms with Gasteiger partial charge in [0.25, 0.3) is 0 Å². The zero-order valence-corrected chi connectivity index (χ0v) is 15.5. The number of rotatable bonds is 5. The fourth-order valence-corrected chi connectivity index (χ4v) is 3.07. The highest BCUT2D eigenvalue weighted by molar-refractivity contribution is 14.1. The van der Waals surface area contributed by atoms with Gasteiger partial charge in [-0.3, -0.25) is 4.79 Å². The van der Waals surface area contributed by atoms with Crippen molar-refractivity contribution in [3.63, 3.8) is 0 Å². The summed E-state index contributed by atoms with van der Waals surface area (Å²) < 4.78 is 7.72. The van der Waals surface area contributed by atoms with E-state index in [0.717, 1.165) is 3.57 Å². The normalized spacial score (nSPS) is 12.6. The van der Waals surface area contributed by atoms with Crippen LogP contribution in [0.3, 0.4) is 0 Å². The molecule has 0 unspecified atom stereocenters. The Bertz CT molecular complexity index is 782. The molecule has 1 aromatic heterocycles. The number of nitrogens with zero attached hydrogens (tertiary/aromatic N) is 1. The predicted molar refractivity (Wildman–Crippen MR) is 97.8 cm³/mol. The Balaban J connectivity index is 2.82. The summed E-state index contributed by atoms with van der Waals surface area (Å²) in [7, 11) is 0. The number of hydrogen-bond donors (Lipinski definition) is 1. The molecule has 0 saturated carbocycles. The zero-order valence-electron chi connectivity index (χ0n) is 13.4. The number of carbonyl (C=O) groups excluding carboxylic acids is 1. The van der Waals surface area contributed by atoms with E-state index in [0.29, 0.717) is 10.9 Å². The Labute approximate surface area is 148 Å². The lowest BCUT2D eigenvalue weighted by molar-refractivity contribution is 0.0523. The largest absolute Gasteiger partial charge is 0.462 e. The molecule has 0 saturated heterocycles. The second kappa shape index (κ2) is 7.44. The summed E-state index contributed by atoms with van der Waals surface area (Å²) in [6, 6.07) is 5.27. The maximum absolute atomic E-state index is 12.6. The first kappa shape index (κ1) is 17.9. The van der Waals surface area contributed by atoms with E-state index in [-0.39, 0.29) is 36.2 Å². The van der Waals surface area contributed by atoms with Gasteiger partial charge in [-0.15, -0.1) is 0 Å². The van der Waals surface area contributed by atoms with Crippen molar-refractivity contribution in [2.75, 3.05) is 13.2 Å². The molecular weight excluding hydrogens is 409 g/mol. The molecule has 0 bridgehead atoms. The quantitative estimate of drug-likeness (QED) is 0.587. The molecular formula is C17H20INO4. The van der Waals surface area contributed by atoms with Crippen LogP contribution in [0, 0.1) is 9.49 Å². The molecule has 1 atom stereocenters. The highest BCUT2D eigenvalue weighted by Crippen LogP contribution is 2.24. The Morgan fingerprint density at radius 2 is 2.09 bits per heavy atom. The van der Waals surface area contributed by atoms with Crippen LogP contribution in [0.15, 0.2) is 29.2 Å². The molecule has 5 nitrogen and oxygen atoms in total. The van der Waals surface area contributed by atoms with Crippen molar-refractivity contribution in [3.8, 4) is 0 Å². The first-order chi connectivity index (χ1) is 10.9. The van der Waals surface area contributed by atoms with Crippen molar-refractivity contribution in [1.82, 2.24) is 4.57 Å². The van der Waals surface area contributed by atoms with E-state index >= 15 is 0 Å². The third-order valence-corrected chi connectivity index (χ3v) is 4.47. The van der Waals surface area contributed by atoms with Crippen molar-refractivity contribution in [1.29, 1.82) is 0 Å². The number of aliphatic hydroxyl groups excluding tert-OH is 1. The summed E-state index contributed by atoms with van der Waals surface area (Å²) >= 11 is 2.13. The van der Waals surface area contributed by atoms with E-state index in [2.05, 4.69) is 22.6 Å². The van der Waals surface area contributed by atoms with Gasteiger partial charge in [0.2, 0.25) is 5.43 Å². The number of esters is 1. The molecule has 1 N–H and O–H groups in total. The van der Waals surface area contributed by atoms with Gasteiger partial charge in [0.1, 0.15) is 5.56 Å². The summed E-state index contributed by atoms with van der Waals surface area (Å²) in [5.41, 5.74) is 0.366. The lowest BCUT2D eigenvalue weighted by Gasteiger charge is -2.25. The number of fused-ring (bicyclic) bond motifs is 1. The van der Waals surface area contributed by atoms with Crippen molar-refractivity contribution in [3.05, 3.63) is 43.8 Å². The summed E-state index contributed by atoms with van der Waals surface area (Å²) in [4.78, 5) is 24.8. The van der Waals surface area contributed by atoms with Gasteiger partial charge in [-0.25, -0.2) is 4.79 Å². The average Bonchev–Trinajstić information content (AvgIpc) is 2.50. The van der Waals surface area contributed by atoms with E-state index < -0.39 is 5.97 Å². The van der Waals surface area contributed by atoms with Crippen molar-refractivity contribution in [2.45, 2.75) is 26.8 Å². The second-order valence-electron chi connectivity index (χ2n) is 5.66. The molecule has 0 aliphatic carbocycles. The topological polar surface area (TPSA) is 68.5 Å². The highest BCUT2D eigenvalue weighted by Gasteiger charge is 2.21. The van der Waals surface area contributed by atoms with Gasteiger partial charge in [-0.05, 0) is 53.6 Å². The number of hydrogen-bond acceptors (Lipinski definition) is 4. The van der Waals surface area contributed by atoms with Crippen LogP contribution in [0.25, 0.3) is 10.9 Å². The smallest absolute Gasteiger partial charge is 0.343 e. The summed E-state index contributed by atoms with van der Waals surface area (Å²) in [6.07, 6.45) is 1.51. The molecule has 0 aliphatic rings. The first-order valence-corrected chi connectivity index (χ1v) is 8.61. The Morgan fingerprint density at radius 1 is 1.39 bits per heavy atom. The van der Waals surface area contributed by atoms with E-state index in [1.165, 1.54) is 6.20 Å². The van der Waals surface area contributed by atoms with Crippen LogP contribution in [0.5, 0.6) is 0 Å². The first-order valence-electron chi connectivity index (χ1n) is 7.53. The van der Waals surface area contributed by atoms with E-state index in [1.807, 2.05) is 30.5 Å². The van der Waals surface area contributed by atoms with Crippen molar-refractivity contribution < 1.29 is 14.6 Å². The third kappa shape index (κ3) is 3.58. The molecule has 23 heavy (non-hydrogen) atoms. The molecule has 0 fully saturated rings. The van der Waals surface area contributed by atoms with Gasteiger partial charge in [-0.2, -0.15) is 0 Å². The fraction of sp³-hybridized carbons (Fsp3) is 0.412. The van der Waals surface area contributed by atoms with Gasteiger partial charge in [0.15, 0.2) is 0 Å². The number of ether oxygens (including phenoxy) is 1. The van der Waals surface area contributed by atoms with E-state index in [9.17, 15) is 14.7 Å². The summed E-state index contributed by atoms with van der Waals surface area (Å²) in [5, 5.41) is 10.2. The molecule has 2 aromatic rings. The van der Waals surface area contributed by atoms with Crippen LogP contribution in [0.1, 0.15) is 37.2 Å². The minimum absolute atomic E-state index is 0.000417. The number of halogens is 1. The van der Waals surface area contributed by atoms with Gasteiger partial charge in [0.05, 0.1) is 24.8 Å². The van der Waals surface area contributed by atoms with Crippen molar-refractivity contribution in [2.24, 2.45) is 5.92 Å². The lowest BCUT2D eigenvalue weighted by atomic mass is 10.0. The Kier molecular flexibility index (Phi) is 5.80. The molecule has 0 amide bonds. The Morgan fingerprint density at radius 3 is 2.65 bits per heavy atom. The molecule has 124 valence electrons. The van der Waals surface area contributed by atoms with Crippen LogP contribution in [-0.4, -0.2) is 28.9 Å². The summed E-state index contributed by atoms with van der Waals surface area (Å²) in [5.74, 6) is -0.493. The molecule has 1 heterocycles. The SMILES string of the molecule is CCOC(=O)c1cn([C@@H](CO)C(C)C)c2ccc(I)cc2c1=O. The number of carbonyl (C=O) groups is 1. The third-order valence-electron chi connectivity index (χ3n) is 3.80. The maximum Gasteiger partial charge on any atom is 0.343 e. The fourth-order valence-electron chi connectivity index (χ4n) is 2.58. The van der Waals surface area contributed by atoms with Crippen LogP contribution in [-0.2, 0) is 4.74 Å². The van der Waals surface area contributed by atoms with Gasteiger partial charge in [-0.1, -0.05) is 13.8 Å². The van der Waals surface area contributed by atoms with E-state index in [4.69, 9.17) is 4.74 Å². The zero-order chi connectivity index (χ0) is 17.1. The van der Waals surface area contributed by atoms with Crippen molar-refractivity contribution >= 4 is 39.5 Å². The molecule has 0 radical (unpaired) electrons. The van der Waals surface area contributed by atoms with Gasteiger partial charge < -0.3 is 14.4 Å². The highest BCUT2D eigenvalue weighted by atomic mass is 127. The molecule has 0 aliphatic heterocycles. The lowest BCUT2D eigenvalue weighted by Crippen LogP contribution is -2.26. The minimum Gasteiger partial charge on any atom is -0.462 e. The molecule has 0 spiro atoms. The molecule has 6 heteroatoms. The van der Waals surface area contributed by atoms with Crippen LogP contribution >= 0.6 is 22.6 Å². The monoisotopic (exact) mass is 429 g/mol. The second-order valence-corrected chi connectivity index (χ2v) is 6.90. The molecule has 2 rings (SSSR count). The van der Waals surface area contributed by atoms with Gasteiger partial charge >= 0.3 is 5.97 Å². The average molecular weight is 429 g/mol. The summed E-state index contributed by atoms with van der Waals surface area (Å²) in [6.45, 7) is 5.80. The number of aromatic nitrogens is 1. The standard InChI is InChI=1S/C17H20INO4/c1-4-23-17(22)13-8-19(15(9-20)10(2)3)14-6-5-11(18)7-12(14)16(13)21/h5-8,10,15,20H,4,9H2,1-3H3/t15-/m0/s1. The predicted octanol–water partition coefficient (Wildman–Crippen LogP) is 2.97. The molecule has 1 aromatic carbocycles. The van der Waals surface area contributed by atoms with Gasteiger partial charge in [0, 0.05) is 15.2 Å². The number of aliphatic hydroxyl groups is 1. The van der Waals surface area contributed by atoms with Crippen LogP contribution < -0.4 is 5.43 Å². The number of pyridine rings is 1. The minimum atomic E-state index is -0.632. The number of benzene rings is 1. The van der Waals surface area contributed by atoms with E-state index in [1.54, 1.807) is 13.0 Å². The van der Waals surface area contributed by atoms with Crippen LogP contribution in [0.4, 0.5) is 0 Å². The maximum atomic E-state index is 12.6. The Hall–Kier alpha value is -1.41. The van der Waals surface area contributed by atoms with Crippen LogP contribution in [0.2, 0.25) is 0 Å².